The quantitative estimate of drug-likeness (QED) is 0.672. The second-order valence-corrected chi connectivity index (χ2v) is 5.70. The summed E-state index contributed by atoms with van der Waals surface area (Å²) >= 11 is 0. The molecule has 0 aromatic carbocycles. The van der Waals surface area contributed by atoms with Crippen LogP contribution in [0.15, 0.2) is 0 Å². The lowest BCUT2D eigenvalue weighted by Gasteiger charge is -2.31. The first-order valence-electron chi connectivity index (χ1n) is 7.11. The Bertz CT molecular complexity index is 162. The van der Waals surface area contributed by atoms with E-state index in [1.165, 1.54) is 51.6 Å². The maximum absolute atomic E-state index is 3.55. The molecule has 1 aliphatic rings. The number of rotatable bonds is 7. The van der Waals surface area contributed by atoms with Crippen molar-refractivity contribution >= 4 is 0 Å². The summed E-state index contributed by atoms with van der Waals surface area (Å²) in [5.74, 6) is 0.823. The van der Waals surface area contributed by atoms with Crippen LogP contribution in [0.3, 0.4) is 0 Å². The van der Waals surface area contributed by atoms with Crippen molar-refractivity contribution in [2.75, 3.05) is 26.7 Å². The lowest BCUT2D eigenvalue weighted by Crippen LogP contribution is -2.38. The number of nitrogens with one attached hydrogen (secondary N) is 1. The molecule has 1 aliphatic carbocycles. The van der Waals surface area contributed by atoms with Crippen LogP contribution in [0.25, 0.3) is 0 Å². The van der Waals surface area contributed by atoms with Gasteiger partial charge in [-0.1, -0.05) is 33.1 Å². The molecule has 2 nitrogen and oxygen atoms in total. The first-order valence-corrected chi connectivity index (χ1v) is 7.11. The van der Waals surface area contributed by atoms with Crippen LogP contribution in [-0.4, -0.2) is 37.6 Å². The molecule has 2 heteroatoms. The summed E-state index contributed by atoms with van der Waals surface area (Å²) in [5, 5.41) is 3.55. The van der Waals surface area contributed by atoms with Crippen molar-refractivity contribution in [3.63, 3.8) is 0 Å². The Balaban J connectivity index is 1.98. The van der Waals surface area contributed by atoms with Gasteiger partial charge in [-0.15, -0.1) is 0 Å². The summed E-state index contributed by atoms with van der Waals surface area (Å²) in [6, 6.07) is 0.862. The van der Waals surface area contributed by atoms with Gasteiger partial charge in [0, 0.05) is 19.1 Å². The van der Waals surface area contributed by atoms with Crippen LogP contribution in [0.5, 0.6) is 0 Å². The van der Waals surface area contributed by atoms with Gasteiger partial charge >= 0.3 is 0 Å². The molecule has 0 spiro atoms. The van der Waals surface area contributed by atoms with Gasteiger partial charge in [-0.2, -0.15) is 0 Å². The fraction of sp³-hybridized carbons (Fsp3) is 1.00. The molecule has 1 fully saturated rings. The Morgan fingerprint density at radius 1 is 1.12 bits per heavy atom. The van der Waals surface area contributed by atoms with E-state index >= 15 is 0 Å². The van der Waals surface area contributed by atoms with E-state index in [1.807, 2.05) is 0 Å². The molecule has 0 radical (unpaired) electrons. The Morgan fingerprint density at radius 3 is 2.44 bits per heavy atom. The van der Waals surface area contributed by atoms with E-state index in [0.717, 1.165) is 18.5 Å². The highest BCUT2D eigenvalue weighted by atomic mass is 15.1. The van der Waals surface area contributed by atoms with Crippen LogP contribution < -0.4 is 5.32 Å². The molecule has 1 N–H and O–H groups in total. The van der Waals surface area contributed by atoms with Gasteiger partial charge in [0.25, 0.3) is 0 Å². The van der Waals surface area contributed by atoms with Gasteiger partial charge < -0.3 is 10.2 Å². The Morgan fingerprint density at radius 2 is 1.81 bits per heavy atom. The summed E-state index contributed by atoms with van der Waals surface area (Å²) in [6.45, 7) is 8.12. The van der Waals surface area contributed by atoms with Crippen LogP contribution in [0.1, 0.15) is 52.4 Å². The molecule has 0 heterocycles. The molecule has 1 rings (SSSR count). The monoisotopic (exact) mass is 226 g/mol. The normalized spacial score (nSPS) is 18.6. The molecule has 0 atom stereocenters. The molecule has 0 aliphatic heterocycles. The van der Waals surface area contributed by atoms with Crippen LogP contribution in [0, 0.1) is 5.92 Å². The zero-order valence-electron chi connectivity index (χ0n) is 11.5. The minimum atomic E-state index is 0.823. The summed E-state index contributed by atoms with van der Waals surface area (Å²) < 4.78 is 0. The van der Waals surface area contributed by atoms with Crippen LogP contribution in [-0.2, 0) is 0 Å². The molecule has 16 heavy (non-hydrogen) atoms. The molecule has 0 amide bonds. The standard InChI is InChI=1S/C14H30N2/c1-13(2)9-10-15-11-12-16(3)14-7-5-4-6-8-14/h13-15H,4-12H2,1-3H3. The van der Waals surface area contributed by atoms with Gasteiger partial charge in [-0.05, 0) is 38.8 Å². The van der Waals surface area contributed by atoms with E-state index in [-0.39, 0.29) is 0 Å². The largest absolute Gasteiger partial charge is 0.315 e. The van der Waals surface area contributed by atoms with Crippen LogP contribution in [0.2, 0.25) is 0 Å². The third-order valence-corrected chi connectivity index (χ3v) is 3.74. The molecule has 0 aromatic heterocycles. The summed E-state index contributed by atoms with van der Waals surface area (Å²) in [6.07, 6.45) is 8.47. The fourth-order valence-electron chi connectivity index (χ4n) is 2.48. The van der Waals surface area contributed by atoms with Gasteiger partial charge in [0.1, 0.15) is 0 Å². The second-order valence-electron chi connectivity index (χ2n) is 5.70. The number of hydrogen-bond acceptors (Lipinski definition) is 2. The molecule has 0 unspecified atom stereocenters. The highest BCUT2D eigenvalue weighted by molar-refractivity contribution is 4.73. The summed E-state index contributed by atoms with van der Waals surface area (Å²) in [5.41, 5.74) is 0. The molecular weight excluding hydrogens is 196 g/mol. The van der Waals surface area contributed by atoms with Crippen molar-refractivity contribution in [2.24, 2.45) is 5.92 Å². The molecular formula is C14H30N2. The van der Waals surface area contributed by atoms with E-state index in [4.69, 9.17) is 0 Å². The first-order chi connectivity index (χ1) is 7.70. The zero-order chi connectivity index (χ0) is 11.8. The smallest absolute Gasteiger partial charge is 0.0107 e. The predicted molar refractivity (Wildman–Crippen MR) is 71.8 cm³/mol. The van der Waals surface area contributed by atoms with E-state index in [9.17, 15) is 0 Å². The van der Waals surface area contributed by atoms with Gasteiger partial charge in [-0.3, -0.25) is 0 Å². The van der Waals surface area contributed by atoms with Crippen molar-refractivity contribution in [1.29, 1.82) is 0 Å². The van der Waals surface area contributed by atoms with Crippen molar-refractivity contribution in [1.82, 2.24) is 10.2 Å². The minimum absolute atomic E-state index is 0.823. The molecule has 1 saturated carbocycles. The van der Waals surface area contributed by atoms with Crippen LogP contribution in [0.4, 0.5) is 0 Å². The lowest BCUT2D eigenvalue weighted by molar-refractivity contribution is 0.192. The Kier molecular flexibility index (Phi) is 7.06. The first kappa shape index (κ1) is 14.0. The van der Waals surface area contributed by atoms with Crippen molar-refractivity contribution in [3.05, 3.63) is 0 Å². The third kappa shape index (κ3) is 5.86. The molecule has 0 bridgehead atoms. The van der Waals surface area contributed by atoms with Gasteiger partial charge in [0.05, 0.1) is 0 Å². The number of hydrogen-bond donors (Lipinski definition) is 1. The third-order valence-electron chi connectivity index (χ3n) is 3.74. The maximum Gasteiger partial charge on any atom is 0.0107 e. The topological polar surface area (TPSA) is 15.3 Å². The minimum Gasteiger partial charge on any atom is -0.315 e. The molecule has 96 valence electrons. The highest BCUT2D eigenvalue weighted by Crippen LogP contribution is 2.21. The van der Waals surface area contributed by atoms with Gasteiger partial charge in [0.2, 0.25) is 0 Å². The summed E-state index contributed by atoms with van der Waals surface area (Å²) in [7, 11) is 2.29. The maximum atomic E-state index is 3.55. The van der Waals surface area contributed by atoms with E-state index in [1.54, 1.807) is 0 Å². The Labute approximate surface area is 102 Å². The summed E-state index contributed by atoms with van der Waals surface area (Å²) in [4.78, 5) is 2.56. The molecule has 0 saturated heterocycles. The average Bonchev–Trinajstić information content (AvgIpc) is 2.29. The lowest BCUT2D eigenvalue weighted by atomic mass is 9.94. The van der Waals surface area contributed by atoms with Gasteiger partial charge in [0.15, 0.2) is 0 Å². The predicted octanol–water partition coefficient (Wildman–Crippen LogP) is 2.89. The van der Waals surface area contributed by atoms with Crippen molar-refractivity contribution < 1.29 is 0 Å². The zero-order valence-corrected chi connectivity index (χ0v) is 11.5. The number of likely N-dealkylation sites (N-methyl/N-ethyl adjacent to an activating group) is 1. The SMILES string of the molecule is CC(C)CCNCCN(C)C1CCCCC1. The second kappa shape index (κ2) is 8.08. The van der Waals surface area contributed by atoms with E-state index in [0.29, 0.717) is 0 Å². The van der Waals surface area contributed by atoms with Crippen LogP contribution >= 0.6 is 0 Å². The van der Waals surface area contributed by atoms with Gasteiger partial charge in [-0.25, -0.2) is 0 Å². The molecule has 0 aromatic rings. The van der Waals surface area contributed by atoms with Crippen molar-refractivity contribution in [2.45, 2.75) is 58.4 Å². The fourth-order valence-corrected chi connectivity index (χ4v) is 2.48. The number of nitrogens with zero attached hydrogens (tertiary/aromatic N) is 1. The Hall–Kier alpha value is -0.0800. The highest BCUT2D eigenvalue weighted by Gasteiger charge is 2.16. The van der Waals surface area contributed by atoms with E-state index in [2.05, 4.69) is 31.1 Å². The van der Waals surface area contributed by atoms with Crippen molar-refractivity contribution in [3.8, 4) is 0 Å². The van der Waals surface area contributed by atoms with E-state index < -0.39 is 0 Å². The average molecular weight is 226 g/mol.